The number of imidazole rings is 1. The highest BCUT2D eigenvalue weighted by Crippen LogP contribution is 2.37. The van der Waals surface area contributed by atoms with Crippen molar-refractivity contribution in [3.8, 4) is 28.8 Å². The third-order valence-corrected chi connectivity index (χ3v) is 4.90. The lowest BCUT2D eigenvalue weighted by molar-refractivity contribution is 0.170. The van der Waals surface area contributed by atoms with E-state index in [1.54, 1.807) is 13.3 Å². The van der Waals surface area contributed by atoms with E-state index in [1.165, 1.54) is 5.69 Å². The molecule has 2 aliphatic rings. The number of nitrogens with zero attached hydrogens (tertiary/aromatic N) is 4. The Morgan fingerprint density at radius 3 is 2.69 bits per heavy atom. The molecule has 8 nitrogen and oxygen atoms in total. The maximum absolute atomic E-state index is 5.72. The van der Waals surface area contributed by atoms with E-state index in [2.05, 4.69) is 25.6 Å². The Morgan fingerprint density at radius 1 is 1.14 bits per heavy atom. The summed E-state index contributed by atoms with van der Waals surface area (Å²) < 4.78 is 21.1. The molecule has 2 aliphatic heterocycles. The first-order chi connectivity index (χ1) is 13.3. The van der Waals surface area contributed by atoms with E-state index in [1.807, 2.05) is 18.3 Å². The Kier molecular flexibility index (Phi) is 6.56. The third kappa shape index (κ3) is 4.01. The molecular weight excluding hydrogens is 417 g/mol. The predicted molar refractivity (Wildman–Crippen MR) is 113 cm³/mol. The minimum atomic E-state index is 0. The molecule has 1 N–H and O–H groups in total. The predicted octanol–water partition coefficient (Wildman–Crippen LogP) is 2.52. The van der Waals surface area contributed by atoms with E-state index in [-0.39, 0.29) is 24.8 Å². The van der Waals surface area contributed by atoms with Crippen molar-refractivity contribution in [3.05, 3.63) is 41.9 Å². The van der Waals surface area contributed by atoms with Crippen molar-refractivity contribution in [2.45, 2.75) is 19.6 Å². The van der Waals surface area contributed by atoms with Crippen LogP contribution in [0.4, 0.5) is 0 Å². The summed E-state index contributed by atoms with van der Waals surface area (Å²) in [5, 5.41) is 8.09. The standard InChI is InChI=1S/C19H21N5O3.2ClH/c1-25-16-10-18-17(26-6-7-27-18)8-13(16)12-23-4-3-21-19(23)15-9-14-11-20-2-5-24(14)22-15;;/h3-4,8-10,20H,2,5-7,11-12H2,1H3;2*1H. The number of hydrogen-bond acceptors (Lipinski definition) is 6. The molecule has 0 aliphatic carbocycles. The van der Waals surface area contributed by atoms with Gasteiger partial charge >= 0.3 is 0 Å². The minimum Gasteiger partial charge on any atom is -0.496 e. The van der Waals surface area contributed by atoms with Crippen LogP contribution in [-0.4, -0.2) is 46.2 Å². The number of fused-ring (bicyclic) bond motifs is 2. The number of methoxy groups -OCH3 is 1. The molecule has 0 saturated heterocycles. The largest absolute Gasteiger partial charge is 0.496 e. The molecule has 5 rings (SSSR count). The van der Waals surface area contributed by atoms with Gasteiger partial charge in [0, 0.05) is 37.1 Å². The van der Waals surface area contributed by atoms with E-state index in [9.17, 15) is 0 Å². The number of benzene rings is 1. The van der Waals surface area contributed by atoms with Gasteiger partial charge in [0.05, 0.1) is 25.9 Å². The molecule has 1 aromatic carbocycles. The van der Waals surface area contributed by atoms with E-state index in [0.717, 1.165) is 54.0 Å². The van der Waals surface area contributed by atoms with E-state index < -0.39 is 0 Å². The zero-order valence-corrected chi connectivity index (χ0v) is 17.6. The van der Waals surface area contributed by atoms with Crippen molar-refractivity contribution < 1.29 is 14.2 Å². The van der Waals surface area contributed by atoms with Crippen LogP contribution in [0, 0.1) is 0 Å². The molecule has 156 valence electrons. The summed E-state index contributed by atoms with van der Waals surface area (Å²) in [6.45, 7) is 4.38. The van der Waals surface area contributed by atoms with Crippen molar-refractivity contribution in [2.24, 2.45) is 0 Å². The van der Waals surface area contributed by atoms with E-state index in [4.69, 9.17) is 19.3 Å². The highest BCUT2D eigenvalue weighted by atomic mass is 35.5. The second kappa shape index (κ2) is 8.94. The molecule has 3 aromatic rings. The summed E-state index contributed by atoms with van der Waals surface area (Å²) in [5.41, 5.74) is 3.07. The molecule has 0 fully saturated rings. The topological polar surface area (TPSA) is 75.4 Å². The number of aromatic nitrogens is 4. The first-order valence-corrected chi connectivity index (χ1v) is 9.07. The van der Waals surface area contributed by atoms with Crippen LogP contribution in [0.1, 0.15) is 11.3 Å². The summed E-state index contributed by atoms with van der Waals surface area (Å²) in [6, 6.07) is 5.98. The molecule has 0 atom stereocenters. The van der Waals surface area contributed by atoms with Crippen LogP contribution in [0.2, 0.25) is 0 Å². The molecule has 0 spiro atoms. The van der Waals surface area contributed by atoms with Crippen molar-refractivity contribution in [1.29, 1.82) is 0 Å². The van der Waals surface area contributed by atoms with Crippen LogP contribution >= 0.6 is 24.8 Å². The second-order valence-corrected chi connectivity index (χ2v) is 6.61. The molecule has 4 heterocycles. The van der Waals surface area contributed by atoms with Gasteiger partial charge < -0.3 is 24.1 Å². The Balaban J connectivity index is 0.00000120. The van der Waals surface area contributed by atoms with Crippen molar-refractivity contribution in [1.82, 2.24) is 24.6 Å². The average molecular weight is 440 g/mol. The van der Waals surface area contributed by atoms with Gasteiger partial charge in [0.25, 0.3) is 0 Å². The Morgan fingerprint density at radius 2 is 1.93 bits per heavy atom. The molecule has 0 unspecified atom stereocenters. The molecule has 10 heteroatoms. The van der Waals surface area contributed by atoms with Crippen LogP contribution in [0.3, 0.4) is 0 Å². The third-order valence-electron chi connectivity index (χ3n) is 4.90. The Labute approximate surface area is 181 Å². The quantitative estimate of drug-likeness (QED) is 0.672. The molecule has 0 bridgehead atoms. The first kappa shape index (κ1) is 21.3. The lowest BCUT2D eigenvalue weighted by Crippen LogP contribution is -2.28. The summed E-state index contributed by atoms with van der Waals surface area (Å²) in [7, 11) is 1.67. The van der Waals surface area contributed by atoms with Crippen LogP contribution in [0.5, 0.6) is 17.2 Å². The van der Waals surface area contributed by atoms with Crippen LogP contribution in [0.15, 0.2) is 30.6 Å². The maximum atomic E-state index is 5.72. The average Bonchev–Trinajstić information content (AvgIpc) is 3.33. The highest BCUT2D eigenvalue weighted by Gasteiger charge is 2.19. The van der Waals surface area contributed by atoms with Crippen LogP contribution in [0.25, 0.3) is 11.5 Å². The monoisotopic (exact) mass is 439 g/mol. The molecule has 2 aromatic heterocycles. The van der Waals surface area contributed by atoms with Gasteiger partial charge in [-0.3, -0.25) is 4.68 Å². The van der Waals surface area contributed by atoms with Crippen molar-refractivity contribution in [2.75, 3.05) is 26.9 Å². The van der Waals surface area contributed by atoms with Gasteiger partial charge in [-0.25, -0.2) is 4.98 Å². The number of nitrogens with one attached hydrogen (secondary N) is 1. The zero-order chi connectivity index (χ0) is 18.2. The van der Waals surface area contributed by atoms with Crippen LogP contribution in [-0.2, 0) is 19.6 Å². The van der Waals surface area contributed by atoms with Gasteiger partial charge in [-0.1, -0.05) is 0 Å². The van der Waals surface area contributed by atoms with Crippen LogP contribution < -0.4 is 19.5 Å². The molecule has 0 radical (unpaired) electrons. The second-order valence-electron chi connectivity index (χ2n) is 6.61. The first-order valence-electron chi connectivity index (χ1n) is 9.07. The highest BCUT2D eigenvalue weighted by molar-refractivity contribution is 5.85. The SMILES string of the molecule is COc1cc2c(cc1Cn1ccnc1-c1cc3n(n1)CCNC3)OCCO2.Cl.Cl. The van der Waals surface area contributed by atoms with E-state index >= 15 is 0 Å². The van der Waals surface area contributed by atoms with Gasteiger partial charge in [0.15, 0.2) is 17.3 Å². The number of rotatable bonds is 4. The van der Waals surface area contributed by atoms with Gasteiger partial charge in [0.2, 0.25) is 0 Å². The fraction of sp³-hybridized carbons (Fsp3) is 0.368. The van der Waals surface area contributed by atoms with E-state index in [0.29, 0.717) is 19.8 Å². The van der Waals surface area contributed by atoms with Gasteiger partial charge in [0.1, 0.15) is 24.7 Å². The fourth-order valence-corrected chi connectivity index (χ4v) is 3.58. The lowest BCUT2D eigenvalue weighted by Gasteiger charge is -2.21. The zero-order valence-electron chi connectivity index (χ0n) is 16.0. The smallest absolute Gasteiger partial charge is 0.165 e. The lowest BCUT2D eigenvalue weighted by atomic mass is 10.1. The van der Waals surface area contributed by atoms with Crippen molar-refractivity contribution >= 4 is 24.8 Å². The normalized spacial score (nSPS) is 14.4. The summed E-state index contributed by atoms with van der Waals surface area (Å²) in [5.74, 6) is 3.09. The maximum Gasteiger partial charge on any atom is 0.165 e. The Hall–Kier alpha value is -2.42. The molecule has 0 saturated carbocycles. The summed E-state index contributed by atoms with van der Waals surface area (Å²) in [4.78, 5) is 4.54. The number of halogens is 2. The summed E-state index contributed by atoms with van der Waals surface area (Å²) >= 11 is 0. The van der Waals surface area contributed by atoms with Gasteiger partial charge in [-0.2, -0.15) is 5.10 Å². The summed E-state index contributed by atoms with van der Waals surface area (Å²) in [6.07, 6.45) is 3.76. The van der Waals surface area contributed by atoms with Gasteiger partial charge in [-0.15, -0.1) is 24.8 Å². The molecular formula is C19H23Cl2N5O3. The number of ether oxygens (including phenoxy) is 3. The Bertz CT molecular complexity index is 965. The van der Waals surface area contributed by atoms with Crippen molar-refractivity contribution in [3.63, 3.8) is 0 Å². The molecule has 0 amide bonds. The fourth-order valence-electron chi connectivity index (χ4n) is 3.58. The molecule has 29 heavy (non-hydrogen) atoms. The number of hydrogen-bond donors (Lipinski definition) is 1. The minimum absolute atomic E-state index is 0. The van der Waals surface area contributed by atoms with Gasteiger partial charge in [-0.05, 0) is 12.1 Å².